The second-order valence-corrected chi connectivity index (χ2v) is 8.23. The molecule has 0 aliphatic carbocycles. The van der Waals surface area contributed by atoms with Crippen LogP contribution < -0.4 is 14.8 Å². The molecule has 5 nitrogen and oxygen atoms in total. The second-order valence-electron chi connectivity index (χ2n) is 7.82. The molecule has 3 rings (SSSR count). The van der Waals surface area contributed by atoms with Crippen molar-refractivity contribution in [3.8, 4) is 17.6 Å². The van der Waals surface area contributed by atoms with Gasteiger partial charge in [0.05, 0.1) is 12.1 Å². The zero-order valence-corrected chi connectivity index (χ0v) is 20.1. The number of aryl methyl sites for hydroxylation is 2. The predicted octanol–water partition coefficient (Wildman–Crippen LogP) is 5.89. The van der Waals surface area contributed by atoms with E-state index in [1.54, 1.807) is 12.1 Å². The lowest BCUT2D eigenvalue weighted by Crippen LogP contribution is -2.25. The van der Waals surface area contributed by atoms with E-state index in [2.05, 4.69) is 5.32 Å². The molecule has 1 N–H and O–H groups in total. The van der Waals surface area contributed by atoms with E-state index in [-0.39, 0.29) is 5.57 Å². The molecule has 0 aromatic heterocycles. The van der Waals surface area contributed by atoms with E-state index in [4.69, 9.17) is 21.1 Å². The third-order valence-corrected chi connectivity index (χ3v) is 5.48. The van der Waals surface area contributed by atoms with E-state index in [0.717, 1.165) is 18.4 Å². The van der Waals surface area contributed by atoms with E-state index in [1.165, 1.54) is 24.3 Å². The minimum Gasteiger partial charge on any atom is -0.493 e. The standard InChI is InChI=1S/C28H27ClN2O3/c1-20-10-12-22(13-11-20)19-34-27-25(29)16-23(17-26(27)33-2)15-24(18-30)28(32)31-14-6-9-21-7-4-3-5-8-21/h3-5,7-8,10-13,15-17H,6,9,14,19H2,1-2H3,(H,31,32)/b24-15-. The summed E-state index contributed by atoms with van der Waals surface area (Å²) in [6.45, 7) is 2.83. The molecule has 1 amide bonds. The van der Waals surface area contributed by atoms with Crippen molar-refractivity contribution in [2.24, 2.45) is 0 Å². The highest BCUT2D eigenvalue weighted by molar-refractivity contribution is 6.32. The summed E-state index contributed by atoms with van der Waals surface area (Å²) in [5.74, 6) is 0.405. The third kappa shape index (κ3) is 7.13. The van der Waals surface area contributed by atoms with Crippen LogP contribution in [0, 0.1) is 18.3 Å². The number of hydrogen-bond donors (Lipinski definition) is 1. The van der Waals surface area contributed by atoms with Crippen molar-refractivity contribution >= 4 is 23.6 Å². The molecule has 0 fully saturated rings. The lowest BCUT2D eigenvalue weighted by atomic mass is 10.1. The van der Waals surface area contributed by atoms with Crippen LogP contribution in [0.25, 0.3) is 6.08 Å². The summed E-state index contributed by atoms with van der Waals surface area (Å²) >= 11 is 6.45. The van der Waals surface area contributed by atoms with Gasteiger partial charge in [0.15, 0.2) is 11.5 Å². The minimum atomic E-state index is -0.426. The fourth-order valence-electron chi connectivity index (χ4n) is 3.35. The fourth-order valence-corrected chi connectivity index (χ4v) is 3.63. The van der Waals surface area contributed by atoms with E-state index < -0.39 is 5.91 Å². The first-order valence-electron chi connectivity index (χ1n) is 11.0. The number of benzene rings is 3. The largest absolute Gasteiger partial charge is 0.493 e. The zero-order valence-electron chi connectivity index (χ0n) is 19.3. The number of methoxy groups -OCH3 is 1. The highest BCUT2D eigenvalue weighted by atomic mass is 35.5. The molecule has 0 aliphatic rings. The summed E-state index contributed by atoms with van der Waals surface area (Å²) in [6, 6.07) is 23.4. The van der Waals surface area contributed by atoms with Crippen LogP contribution in [-0.4, -0.2) is 19.6 Å². The Bertz CT molecular complexity index is 1180. The maximum absolute atomic E-state index is 12.5. The van der Waals surface area contributed by atoms with Crippen LogP contribution >= 0.6 is 11.6 Å². The number of carbonyl (C=O) groups excluding carboxylic acids is 1. The first-order chi connectivity index (χ1) is 16.5. The number of halogens is 1. The molecule has 0 radical (unpaired) electrons. The van der Waals surface area contributed by atoms with Crippen molar-refractivity contribution in [2.75, 3.05) is 13.7 Å². The Morgan fingerprint density at radius 1 is 1.09 bits per heavy atom. The lowest BCUT2D eigenvalue weighted by Gasteiger charge is -2.14. The maximum Gasteiger partial charge on any atom is 0.261 e. The van der Waals surface area contributed by atoms with Crippen molar-refractivity contribution in [1.29, 1.82) is 5.26 Å². The van der Waals surface area contributed by atoms with Gasteiger partial charge in [-0.2, -0.15) is 5.26 Å². The van der Waals surface area contributed by atoms with Gasteiger partial charge in [0.25, 0.3) is 5.91 Å². The average Bonchev–Trinajstić information content (AvgIpc) is 2.85. The number of amides is 1. The molecule has 0 saturated carbocycles. The Labute approximate surface area is 205 Å². The molecule has 34 heavy (non-hydrogen) atoms. The second kappa shape index (κ2) is 12.5. The van der Waals surface area contributed by atoms with Gasteiger partial charge in [0.2, 0.25) is 0 Å². The van der Waals surface area contributed by atoms with Gasteiger partial charge in [0, 0.05) is 6.54 Å². The number of ether oxygens (including phenoxy) is 2. The Hall–Kier alpha value is -3.75. The first kappa shape index (κ1) is 24.9. The molecule has 3 aromatic carbocycles. The fraction of sp³-hybridized carbons (Fsp3) is 0.214. The van der Waals surface area contributed by atoms with E-state index >= 15 is 0 Å². The van der Waals surface area contributed by atoms with Crippen molar-refractivity contribution in [2.45, 2.75) is 26.4 Å². The van der Waals surface area contributed by atoms with Crippen LogP contribution in [0.15, 0.2) is 72.3 Å². The first-order valence-corrected chi connectivity index (χ1v) is 11.4. The minimum absolute atomic E-state index is 0.00819. The number of carbonyl (C=O) groups is 1. The van der Waals surface area contributed by atoms with E-state index in [0.29, 0.717) is 35.2 Å². The Morgan fingerprint density at radius 2 is 1.82 bits per heavy atom. The summed E-state index contributed by atoms with van der Waals surface area (Å²) < 4.78 is 11.3. The Morgan fingerprint density at radius 3 is 2.50 bits per heavy atom. The van der Waals surface area contributed by atoms with Gasteiger partial charge < -0.3 is 14.8 Å². The number of nitriles is 1. The lowest BCUT2D eigenvalue weighted by molar-refractivity contribution is -0.117. The van der Waals surface area contributed by atoms with Crippen molar-refractivity contribution in [3.05, 3.63) is 99.6 Å². The van der Waals surface area contributed by atoms with Crippen LogP contribution in [0.2, 0.25) is 5.02 Å². The zero-order chi connectivity index (χ0) is 24.3. The van der Waals surface area contributed by atoms with Crippen molar-refractivity contribution < 1.29 is 14.3 Å². The van der Waals surface area contributed by atoms with E-state index in [1.807, 2.05) is 67.6 Å². The molecule has 6 heteroatoms. The summed E-state index contributed by atoms with van der Waals surface area (Å²) in [5.41, 5.74) is 3.94. The number of nitrogens with one attached hydrogen (secondary N) is 1. The maximum atomic E-state index is 12.5. The van der Waals surface area contributed by atoms with Crippen LogP contribution in [0.1, 0.15) is 28.7 Å². The van der Waals surface area contributed by atoms with Gasteiger partial charge in [-0.05, 0) is 54.7 Å². The topological polar surface area (TPSA) is 71.3 Å². The molecule has 0 bridgehead atoms. The van der Waals surface area contributed by atoms with Gasteiger partial charge in [-0.25, -0.2) is 0 Å². The van der Waals surface area contributed by atoms with E-state index in [9.17, 15) is 10.1 Å². The molecule has 0 heterocycles. The van der Waals surface area contributed by atoms with Crippen LogP contribution in [0.4, 0.5) is 0 Å². The van der Waals surface area contributed by atoms with Crippen LogP contribution in [-0.2, 0) is 17.8 Å². The normalized spacial score (nSPS) is 10.9. The quantitative estimate of drug-likeness (QED) is 0.226. The molecule has 3 aromatic rings. The van der Waals surface area contributed by atoms with Crippen molar-refractivity contribution in [1.82, 2.24) is 5.32 Å². The number of rotatable bonds is 10. The Kier molecular flexibility index (Phi) is 9.13. The molecular formula is C28H27ClN2O3. The number of hydrogen-bond acceptors (Lipinski definition) is 4. The Balaban J connectivity index is 1.65. The monoisotopic (exact) mass is 474 g/mol. The molecule has 0 atom stereocenters. The summed E-state index contributed by atoms with van der Waals surface area (Å²) in [5, 5.41) is 12.6. The molecule has 0 aliphatic heterocycles. The van der Waals surface area contributed by atoms with Crippen LogP contribution in [0.3, 0.4) is 0 Å². The smallest absolute Gasteiger partial charge is 0.261 e. The highest BCUT2D eigenvalue weighted by Crippen LogP contribution is 2.37. The average molecular weight is 475 g/mol. The van der Waals surface area contributed by atoms with Gasteiger partial charge in [0.1, 0.15) is 18.2 Å². The van der Waals surface area contributed by atoms with Gasteiger partial charge in [-0.3, -0.25) is 4.79 Å². The molecule has 0 saturated heterocycles. The molecule has 174 valence electrons. The summed E-state index contributed by atoms with van der Waals surface area (Å²) in [6.07, 6.45) is 3.12. The highest BCUT2D eigenvalue weighted by Gasteiger charge is 2.14. The number of nitrogens with zero attached hydrogens (tertiary/aromatic N) is 1. The van der Waals surface area contributed by atoms with Gasteiger partial charge >= 0.3 is 0 Å². The molecule has 0 unspecified atom stereocenters. The molecular weight excluding hydrogens is 448 g/mol. The van der Waals surface area contributed by atoms with Gasteiger partial charge in [-0.1, -0.05) is 71.8 Å². The summed E-state index contributed by atoms with van der Waals surface area (Å²) in [7, 11) is 1.52. The molecule has 0 spiro atoms. The third-order valence-electron chi connectivity index (χ3n) is 5.20. The van der Waals surface area contributed by atoms with Crippen molar-refractivity contribution in [3.63, 3.8) is 0 Å². The summed E-state index contributed by atoms with van der Waals surface area (Å²) in [4.78, 5) is 12.5. The SMILES string of the molecule is COc1cc(/C=C(/C#N)C(=O)NCCCc2ccccc2)cc(Cl)c1OCc1ccc(C)cc1. The van der Waals surface area contributed by atoms with Crippen LogP contribution in [0.5, 0.6) is 11.5 Å². The van der Waals surface area contributed by atoms with Gasteiger partial charge in [-0.15, -0.1) is 0 Å². The predicted molar refractivity (Wildman–Crippen MR) is 135 cm³/mol.